The molecule has 2 heterocycles. The molecule has 0 fully saturated rings. The van der Waals surface area contributed by atoms with Crippen LogP contribution in [0.4, 0.5) is 0 Å². The minimum absolute atomic E-state index is 0.0806. The van der Waals surface area contributed by atoms with Crippen molar-refractivity contribution in [2.24, 2.45) is 0 Å². The van der Waals surface area contributed by atoms with Crippen LogP contribution < -0.4 is 0 Å². The maximum Gasteiger partial charge on any atom is 0.162 e. The molecule has 0 N–H and O–H groups in total. The minimum Gasteiger partial charge on any atom is -0.294 e. The van der Waals surface area contributed by atoms with Gasteiger partial charge in [-0.2, -0.15) is 0 Å². The Bertz CT molecular complexity index is 635. The van der Waals surface area contributed by atoms with Crippen LogP contribution in [0.5, 0.6) is 0 Å². The van der Waals surface area contributed by atoms with Gasteiger partial charge in [0.05, 0.1) is 11.2 Å². The molecule has 2 rings (SSSR count). The standard InChI is InChI=1S/C15H18N2OS2/c1-9-10(2)16-7-13(12(4)18)15(9)19-6-5-14-11(3)17-8-20-14/h7-8H,5-6H2,1-4H3. The van der Waals surface area contributed by atoms with Crippen LogP contribution in [0.25, 0.3) is 0 Å². The smallest absolute Gasteiger partial charge is 0.162 e. The number of ketones is 1. The molecule has 5 heteroatoms. The second kappa shape index (κ2) is 6.50. The number of thiazole rings is 1. The van der Waals surface area contributed by atoms with Crippen molar-refractivity contribution in [3.8, 4) is 0 Å². The summed E-state index contributed by atoms with van der Waals surface area (Å²) in [6.07, 6.45) is 2.68. The second-order valence-electron chi connectivity index (χ2n) is 4.73. The summed E-state index contributed by atoms with van der Waals surface area (Å²) in [5, 5.41) is 0. The average Bonchev–Trinajstić information content (AvgIpc) is 2.80. The summed E-state index contributed by atoms with van der Waals surface area (Å²) in [6, 6.07) is 0. The Morgan fingerprint density at radius 3 is 2.60 bits per heavy atom. The van der Waals surface area contributed by atoms with Crippen LogP contribution in [0, 0.1) is 20.8 Å². The van der Waals surface area contributed by atoms with Gasteiger partial charge in [-0.25, -0.2) is 4.98 Å². The number of hydrogen-bond donors (Lipinski definition) is 0. The van der Waals surface area contributed by atoms with Crippen LogP contribution in [-0.2, 0) is 6.42 Å². The summed E-state index contributed by atoms with van der Waals surface area (Å²) < 4.78 is 0. The first-order valence-corrected chi connectivity index (χ1v) is 8.36. The average molecular weight is 306 g/mol. The number of pyridine rings is 1. The Hall–Kier alpha value is -1.20. The van der Waals surface area contributed by atoms with Gasteiger partial charge in [-0.3, -0.25) is 9.78 Å². The van der Waals surface area contributed by atoms with Crippen molar-refractivity contribution < 1.29 is 4.79 Å². The highest BCUT2D eigenvalue weighted by Gasteiger charge is 2.13. The summed E-state index contributed by atoms with van der Waals surface area (Å²) in [5.41, 5.74) is 5.84. The molecule has 0 aliphatic rings. The van der Waals surface area contributed by atoms with E-state index >= 15 is 0 Å². The quantitative estimate of drug-likeness (QED) is 0.618. The Kier molecular flexibility index (Phi) is 4.94. The molecular weight excluding hydrogens is 288 g/mol. The zero-order chi connectivity index (χ0) is 14.7. The molecule has 0 aromatic carbocycles. The third-order valence-corrected chi connectivity index (χ3v) is 5.53. The van der Waals surface area contributed by atoms with Gasteiger partial charge in [0.25, 0.3) is 0 Å². The number of thioether (sulfide) groups is 1. The lowest BCUT2D eigenvalue weighted by Gasteiger charge is -2.11. The first-order valence-electron chi connectivity index (χ1n) is 6.49. The number of Topliss-reactive ketones (excluding diaryl/α,β-unsaturated/α-hetero) is 1. The molecule has 0 spiro atoms. The van der Waals surface area contributed by atoms with E-state index < -0.39 is 0 Å². The minimum atomic E-state index is 0.0806. The van der Waals surface area contributed by atoms with E-state index in [9.17, 15) is 4.79 Å². The monoisotopic (exact) mass is 306 g/mol. The van der Waals surface area contributed by atoms with Crippen LogP contribution in [0.1, 0.15) is 39.1 Å². The molecule has 20 heavy (non-hydrogen) atoms. The fraction of sp³-hybridized carbons (Fsp3) is 0.400. The predicted molar refractivity (Wildman–Crippen MR) is 85.0 cm³/mol. The maximum absolute atomic E-state index is 11.7. The molecule has 0 aliphatic heterocycles. The Morgan fingerprint density at radius 2 is 2.00 bits per heavy atom. The SMILES string of the molecule is CC(=O)c1cnc(C)c(C)c1SCCc1scnc1C. The van der Waals surface area contributed by atoms with Crippen molar-refractivity contribution in [2.75, 3.05) is 5.75 Å². The van der Waals surface area contributed by atoms with Crippen molar-refractivity contribution in [3.05, 3.63) is 39.1 Å². The zero-order valence-electron chi connectivity index (χ0n) is 12.2. The molecule has 106 valence electrons. The van der Waals surface area contributed by atoms with Crippen LogP contribution in [0.3, 0.4) is 0 Å². The number of aryl methyl sites for hydroxylation is 3. The van der Waals surface area contributed by atoms with Gasteiger partial charge >= 0.3 is 0 Å². The molecule has 0 radical (unpaired) electrons. The van der Waals surface area contributed by atoms with Crippen LogP contribution in [0.2, 0.25) is 0 Å². The predicted octanol–water partition coefficient (Wildman–Crippen LogP) is 4.00. The molecule has 0 amide bonds. The summed E-state index contributed by atoms with van der Waals surface area (Å²) in [6.45, 7) is 7.66. The number of nitrogens with zero attached hydrogens (tertiary/aromatic N) is 2. The summed E-state index contributed by atoms with van der Waals surface area (Å²) in [7, 11) is 0. The topological polar surface area (TPSA) is 42.9 Å². The zero-order valence-corrected chi connectivity index (χ0v) is 13.8. The third kappa shape index (κ3) is 3.27. The highest BCUT2D eigenvalue weighted by Crippen LogP contribution is 2.29. The van der Waals surface area contributed by atoms with E-state index in [0.717, 1.165) is 39.6 Å². The van der Waals surface area contributed by atoms with Gasteiger partial charge in [0.1, 0.15) is 0 Å². The van der Waals surface area contributed by atoms with Gasteiger partial charge in [-0.1, -0.05) is 0 Å². The molecule has 0 saturated carbocycles. The van der Waals surface area contributed by atoms with E-state index in [0.29, 0.717) is 0 Å². The van der Waals surface area contributed by atoms with Gasteiger partial charge in [0.2, 0.25) is 0 Å². The van der Waals surface area contributed by atoms with E-state index in [-0.39, 0.29) is 5.78 Å². The Balaban J connectivity index is 2.14. The lowest BCUT2D eigenvalue weighted by molar-refractivity contribution is 0.101. The molecule has 0 saturated heterocycles. The van der Waals surface area contributed by atoms with E-state index in [1.54, 1.807) is 36.2 Å². The lowest BCUT2D eigenvalue weighted by atomic mass is 10.1. The van der Waals surface area contributed by atoms with E-state index in [1.165, 1.54) is 4.88 Å². The molecule has 0 unspecified atom stereocenters. The van der Waals surface area contributed by atoms with Crippen molar-refractivity contribution in [2.45, 2.75) is 39.0 Å². The number of carbonyl (C=O) groups is 1. The van der Waals surface area contributed by atoms with Crippen molar-refractivity contribution in [3.63, 3.8) is 0 Å². The number of hydrogen-bond acceptors (Lipinski definition) is 5. The normalized spacial score (nSPS) is 10.8. The van der Waals surface area contributed by atoms with Crippen LogP contribution in [0.15, 0.2) is 16.6 Å². The van der Waals surface area contributed by atoms with Gasteiger partial charge < -0.3 is 0 Å². The number of aromatic nitrogens is 2. The third-order valence-electron chi connectivity index (χ3n) is 3.31. The Labute approximate surface area is 127 Å². The molecule has 0 aliphatic carbocycles. The van der Waals surface area contributed by atoms with Crippen molar-refractivity contribution in [1.29, 1.82) is 0 Å². The van der Waals surface area contributed by atoms with Crippen molar-refractivity contribution >= 4 is 28.9 Å². The van der Waals surface area contributed by atoms with Crippen molar-refractivity contribution in [1.82, 2.24) is 9.97 Å². The highest BCUT2D eigenvalue weighted by molar-refractivity contribution is 7.99. The summed E-state index contributed by atoms with van der Waals surface area (Å²) >= 11 is 3.44. The number of carbonyl (C=O) groups excluding carboxylic acids is 1. The molecule has 2 aromatic rings. The molecule has 3 nitrogen and oxygen atoms in total. The first kappa shape index (κ1) is 15.2. The first-order chi connectivity index (χ1) is 9.50. The van der Waals surface area contributed by atoms with Gasteiger partial charge in [0.15, 0.2) is 5.78 Å². The van der Waals surface area contributed by atoms with Gasteiger partial charge in [-0.15, -0.1) is 23.1 Å². The van der Waals surface area contributed by atoms with E-state index in [1.807, 2.05) is 26.3 Å². The van der Waals surface area contributed by atoms with Crippen LogP contribution >= 0.6 is 23.1 Å². The number of rotatable bonds is 5. The second-order valence-corrected chi connectivity index (χ2v) is 6.77. The molecule has 0 bridgehead atoms. The fourth-order valence-corrected chi connectivity index (χ4v) is 4.07. The summed E-state index contributed by atoms with van der Waals surface area (Å²) in [5.74, 6) is 1.03. The highest BCUT2D eigenvalue weighted by atomic mass is 32.2. The maximum atomic E-state index is 11.7. The molecule has 0 atom stereocenters. The largest absolute Gasteiger partial charge is 0.294 e. The lowest BCUT2D eigenvalue weighted by Crippen LogP contribution is -2.02. The Morgan fingerprint density at radius 1 is 1.25 bits per heavy atom. The molecular formula is C15H18N2OS2. The van der Waals surface area contributed by atoms with Gasteiger partial charge in [0, 0.05) is 33.0 Å². The van der Waals surface area contributed by atoms with E-state index in [4.69, 9.17) is 0 Å². The molecule has 2 aromatic heterocycles. The summed E-state index contributed by atoms with van der Waals surface area (Å²) in [4.78, 5) is 22.7. The van der Waals surface area contributed by atoms with E-state index in [2.05, 4.69) is 9.97 Å². The van der Waals surface area contributed by atoms with Crippen LogP contribution in [-0.4, -0.2) is 21.5 Å². The van der Waals surface area contributed by atoms with Gasteiger partial charge in [-0.05, 0) is 39.7 Å². The fourth-order valence-electron chi connectivity index (χ4n) is 1.93.